The minimum absolute atomic E-state index is 0.0392. The highest BCUT2D eigenvalue weighted by Gasteiger charge is 2.18. The first-order valence-corrected chi connectivity index (χ1v) is 7.06. The molecule has 1 N–H and O–H groups in total. The fraction of sp³-hybridized carbons (Fsp3) is 0.533. The number of nitrogens with one attached hydrogen (secondary N) is 1. The van der Waals surface area contributed by atoms with Crippen molar-refractivity contribution in [2.24, 2.45) is 0 Å². The lowest BCUT2D eigenvalue weighted by Crippen LogP contribution is -2.46. The van der Waals surface area contributed by atoms with Crippen LogP contribution in [0.2, 0.25) is 0 Å². The summed E-state index contributed by atoms with van der Waals surface area (Å²) in [6.07, 6.45) is 0. The van der Waals surface area contributed by atoms with Crippen molar-refractivity contribution in [2.45, 2.75) is 19.9 Å². The third kappa shape index (κ3) is 3.87. The van der Waals surface area contributed by atoms with Gasteiger partial charge in [0.05, 0.1) is 25.9 Å². The lowest BCUT2D eigenvalue weighted by molar-refractivity contribution is 0.0526. The van der Waals surface area contributed by atoms with Gasteiger partial charge in [-0.3, -0.25) is 0 Å². The number of morpholine rings is 1. The smallest absolute Gasteiger partial charge is 0.318 e. The Hall–Kier alpha value is -1.75. The molecule has 1 aliphatic rings. The van der Waals surface area contributed by atoms with Crippen LogP contribution in [0, 0.1) is 0 Å². The molecule has 1 saturated heterocycles. The summed E-state index contributed by atoms with van der Waals surface area (Å²) in [4.78, 5) is 13.9. The van der Waals surface area contributed by atoms with Gasteiger partial charge in [0.25, 0.3) is 0 Å². The number of benzene rings is 1. The maximum Gasteiger partial charge on any atom is 0.318 e. The number of hydrogen-bond acceptors (Lipinski definition) is 3. The Kier molecular flexibility index (Phi) is 5.24. The monoisotopic (exact) mass is 278 g/mol. The molecule has 1 unspecified atom stereocenters. The van der Waals surface area contributed by atoms with E-state index in [0.717, 1.165) is 11.3 Å². The van der Waals surface area contributed by atoms with Crippen LogP contribution >= 0.6 is 0 Å². The van der Waals surface area contributed by atoms with Gasteiger partial charge in [-0.2, -0.15) is 0 Å². The summed E-state index contributed by atoms with van der Waals surface area (Å²) in [5.74, 6) is 0.831. The molecule has 110 valence electrons. The van der Waals surface area contributed by atoms with E-state index in [1.807, 2.05) is 38.1 Å². The molecule has 0 radical (unpaired) electrons. The molecule has 1 aromatic carbocycles. The standard InChI is InChI=1S/C15H22N2O3/c1-3-20-14-6-4-5-13(11-14)12(2)16-15(18)17-7-9-19-10-8-17/h4-6,11-12H,3,7-10H2,1-2H3,(H,16,18). The molecule has 1 atom stereocenters. The van der Waals surface area contributed by atoms with E-state index >= 15 is 0 Å². The van der Waals surface area contributed by atoms with Crippen LogP contribution in [0.3, 0.4) is 0 Å². The van der Waals surface area contributed by atoms with Gasteiger partial charge in [-0.25, -0.2) is 4.79 Å². The number of carbonyl (C=O) groups is 1. The van der Waals surface area contributed by atoms with Gasteiger partial charge in [0, 0.05) is 13.1 Å². The first-order chi connectivity index (χ1) is 9.70. The summed E-state index contributed by atoms with van der Waals surface area (Å²) >= 11 is 0. The van der Waals surface area contributed by atoms with E-state index in [0.29, 0.717) is 32.9 Å². The molecule has 1 aromatic rings. The van der Waals surface area contributed by atoms with E-state index in [-0.39, 0.29) is 12.1 Å². The lowest BCUT2D eigenvalue weighted by Gasteiger charge is -2.28. The fourth-order valence-electron chi connectivity index (χ4n) is 2.17. The van der Waals surface area contributed by atoms with Crippen LogP contribution in [-0.2, 0) is 4.74 Å². The van der Waals surface area contributed by atoms with Gasteiger partial charge in [-0.15, -0.1) is 0 Å². The second-order valence-corrected chi connectivity index (χ2v) is 4.78. The molecule has 2 amide bonds. The molecule has 20 heavy (non-hydrogen) atoms. The van der Waals surface area contributed by atoms with Gasteiger partial charge in [-0.05, 0) is 31.5 Å². The number of rotatable bonds is 4. The molecule has 0 bridgehead atoms. The van der Waals surface area contributed by atoms with Crippen LogP contribution in [0.1, 0.15) is 25.5 Å². The largest absolute Gasteiger partial charge is 0.494 e. The Morgan fingerprint density at radius 1 is 1.45 bits per heavy atom. The number of hydrogen-bond donors (Lipinski definition) is 1. The zero-order chi connectivity index (χ0) is 14.4. The average Bonchev–Trinajstić information content (AvgIpc) is 2.48. The van der Waals surface area contributed by atoms with E-state index < -0.39 is 0 Å². The molecule has 0 aliphatic carbocycles. The van der Waals surface area contributed by atoms with Crippen molar-refractivity contribution in [3.63, 3.8) is 0 Å². The molecular weight excluding hydrogens is 256 g/mol. The molecule has 5 nitrogen and oxygen atoms in total. The van der Waals surface area contributed by atoms with Gasteiger partial charge in [-0.1, -0.05) is 12.1 Å². The number of ether oxygens (including phenoxy) is 2. The fourth-order valence-corrected chi connectivity index (χ4v) is 2.17. The number of carbonyl (C=O) groups excluding carboxylic acids is 1. The van der Waals surface area contributed by atoms with Gasteiger partial charge >= 0.3 is 6.03 Å². The summed E-state index contributed by atoms with van der Waals surface area (Å²) in [5, 5.41) is 3.01. The molecule has 0 aromatic heterocycles. The van der Waals surface area contributed by atoms with E-state index in [4.69, 9.17) is 9.47 Å². The Balaban J connectivity index is 1.94. The summed E-state index contributed by atoms with van der Waals surface area (Å²) in [6.45, 7) is 7.09. The molecule has 1 fully saturated rings. The second kappa shape index (κ2) is 7.14. The Bertz CT molecular complexity index is 444. The van der Waals surface area contributed by atoms with Crippen molar-refractivity contribution in [1.29, 1.82) is 0 Å². The van der Waals surface area contributed by atoms with Crippen molar-refractivity contribution in [2.75, 3.05) is 32.9 Å². The molecule has 0 spiro atoms. The molecule has 1 heterocycles. The van der Waals surface area contributed by atoms with Crippen LogP contribution in [0.15, 0.2) is 24.3 Å². The van der Waals surface area contributed by atoms with Crippen molar-refractivity contribution in [3.8, 4) is 5.75 Å². The quantitative estimate of drug-likeness (QED) is 0.918. The minimum atomic E-state index is -0.0502. The molecule has 0 saturated carbocycles. The van der Waals surface area contributed by atoms with Crippen LogP contribution in [0.5, 0.6) is 5.75 Å². The normalized spacial score (nSPS) is 16.6. The van der Waals surface area contributed by atoms with Crippen LogP contribution in [0.4, 0.5) is 4.79 Å². The predicted molar refractivity (Wildman–Crippen MR) is 76.9 cm³/mol. The average molecular weight is 278 g/mol. The number of nitrogens with zero attached hydrogens (tertiary/aromatic N) is 1. The van der Waals surface area contributed by atoms with Crippen molar-refractivity contribution in [1.82, 2.24) is 10.2 Å². The highest BCUT2D eigenvalue weighted by Crippen LogP contribution is 2.19. The van der Waals surface area contributed by atoms with Crippen LogP contribution in [0.25, 0.3) is 0 Å². The maximum atomic E-state index is 12.1. The number of amides is 2. The van der Waals surface area contributed by atoms with Gasteiger partial charge in [0.2, 0.25) is 0 Å². The van der Waals surface area contributed by atoms with Crippen LogP contribution < -0.4 is 10.1 Å². The van der Waals surface area contributed by atoms with Crippen LogP contribution in [-0.4, -0.2) is 43.8 Å². The Morgan fingerprint density at radius 3 is 2.90 bits per heavy atom. The van der Waals surface area contributed by atoms with E-state index in [1.54, 1.807) is 4.90 Å². The summed E-state index contributed by atoms with van der Waals surface area (Å²) in [7, 11) is 0. The van der Waals surface area contributed by atoms with Crippen molar-refractivity contribution in [3.05, 3.63) is 29.8 Å². The van der Waals surface area contributed by atoms with Gasteiger partial charge < -0.3 is 19.7 Å². The van der Waals surface area contributed by atoms with E-state index in [2.05, 4.69) is 5.32 Å². The minimum Gasteiger partial charge on any atom is -0.494 e. The van der Waals surface area contributed by atoms with E-state index in [9.17, 15) is 4.79 Å². The van der Waals surface area contributed by atoms with Gasteiger partial charge in [0.15, 0.2) is 0 Å². The summed E-state index contributed by atoms with van der Waals surface area (Å²) in [6, 6.07) is 7.73. The maximum absolute atomic E-state index is 12.1. The second-order valence-electron chi connectivity index (χ2n) is 4.78. The predicted octanol–water partition coefficient (Wildman–Crippen LogP) is 2.19. The summed E-state index contributed by atoms with van der Waals surface area (Å²) in [5.41, 5.74) is 1.04. The van der Waals surface area contributed by atoms with Gasteiger partial charge in [0.1, 0.15) is 5.75 Å². The van der Waals surface area contributed by atoms with E-state index in [1.165, 1.54) is 0 Å². The highest BCUT2D eigenvalue weighted by molar-refractivity contribution is 5.74. The SMILES string of the molecule is CCOc1cccc(C(C)NC(=O)N2CCOCC2)c1. The first-order valence-electron chi connectivity index (χ1n) is 7.06. The highest BCUT2D eigenvalue weighted by atomic mass is 16.5. The zero-order valence-corrected chi connectivity index (χ0v) is 12.1. The molecular formula is C15H22N2O3. The molecule has 2 rings (SSSR count). The third-order valence-electron chi connectivity index (χ3n) is 3.31. The zero-order valence-electron chi connectivity index (χ0n) is 12.1. The first kappa shape index (κ1) is 14.7. The van der Waals surface area contributed by atoms with Crippen molar-refractivity contribution >= 4 is 6.03 Å². The number of urea groups is 1. The lowest BCUT2D eigenvalue weighted by atomic mass is 10.1. The third-order valence-corrected chi connectivity index (χ3v) is 3.31. The Labute approximate surface area is 119 Å². The Morgan fingerprint density at radius 2 is 2.20 bits per heavy atom. The molecule has 5 heteroatoms. The summed E-state index contributed by atoms with van der Waals surface area (Å²) < 4.78 is 10.7. The van der Waals surface area contributed by atoms with Crippen molar-refractivity contribution < 1.29 is 14.3 Å². The molecule has 1 aliphatic heterocycles. The topological polar surface area (TPSA) is 50.8 Å².